The molecule has 1 aromatic carbocycles. The van der Waals surface area contributed by atoms with Crippen molar-refractivity contribution in [3.05, 3.63) is 57.8 Å². The zero-order valence-corrected chi connectivity index (χ0v) is 12.3. The van der Waals surface area contributed by atoms with Gasteiger partial charge in [0, 0.05) is 5.02 Å². The zero-order chi connectivity index (χ0) is 14.5. The van der Waals surface area contributed by atoms with Gasteiger partial charge in [0.1, 0.15) is 0 Å². The topological polar surface area (TPSA) is 54.9 Å². The molecule has 0 radical (unpaired) electrons. The number of amides is 1. The number of hydrogen-bond donors (Lipinski definition) is 1. The summed E-state index contributed by atoms with van der Waals surface area (Å²) in [6.07, 6.45) is 0.758. The third kappa shape index (κ3) is 3.68. The Balaban J connectivity index is 2.11. The molecule has 2 rings (SSSR count). The van der Waals surface area contributed by atoms with E-state index < -0.39 is 0 Å². The van der Waals surface area contributed by atoms with Crippen LogP contribution in [0.3, 0.4) is 0 Å². The van der Waals surface area contributed by atoms with Gasteiger partial charge < -0.3 is 5.32 Å². The number of nitrogens with zero attached hydrogens (tertiary/aromatic N) is 2. The molecule has 0 saturated heterocycles. The van der Waals surface area contributed by atoms with Gasteiger partial charge >= 0.3 is 0 Å². The van der Waals surface area contributed by atoms with Gasteiger partial charge in [0.15, 0.2) is 10.8 Å². The molecule has 1 atom stereocenters. The Kier molecular flexibility index (Phi) is 4.93. The molecule has 1 heterocycles. The number of carbonyl (C=O) groups excluding carboxylic acids is 1. The van der Waals surface area contributed by atoms with Gasteiger partial charge in [-0.3, -0.25) is 4.79 Å². The van der Waals surface area contributed by atoms with Crippen molar-refractivity contribution in [1.29, 1.82) is 0 Å². The highest BCUT2D eigenvalue weighted by Crippen LogP contribution is 2.19. The molecule has 20 heavy (non-hydrogen) atoms. The zero-order valence-electron chi connectivity index (χ0n) is 10.8. The number of rotatable bonds is 4. The maximum atomic E-state index is 12.1. The van der Waals surface area contributed by atoms with Crippen molar-refractivity contribution >= 4 is 29.1 Å². The van der Waals surface area contributed by atoms with Gasteiger partial charge in [0.25, 0.3) is 5.91 Å². The monoisotopic (exact) mass is 309 g/mol. The van der Waals surface area contributed by atoms with Gasteiger partial charge in [-0.15, -0.1) is 10.2 Å². The molecule has 4 nitrogen and oxygen atoms in total. The van der Waals surface area contributed by atoms with Crippen molar-refractivity contribution in [1.82, 2.24) is 15.5 Å². The van der Waals surface area contributed by atoms with E-state index in [2.05, 4.69) is 15.5 Å². The third-order valence-corrected chi connectivity index (χ3v) is 3.30. The summed E-state index contributed by atoms with van der Waals surface area (Å²) in [5, 5.41) is 11.2. The number of halogens is 2. The van der Waals surface area contributed by atoms with E-state index in [1.54, 1.807) is 18.2 Å². The lowest BCUT2D eigenvalue weighted by Gasteiger charge is -2.17. The standard InChI is InChI=1S/C14H13Cl2N3O/c1-2-11(9-3-5-10(15)6-4-9)17-14(20)12-7-8-13(16)19-18-12/h3-8,11H,2H2,1H3,(H,17,20). The molecule has 104 valence electrons. The summed E-state index contributed by atoms with van der Waals surface area (Å²) >= 11 is 11.5. The minimum Gasteiger partial charge on any atom is -0.344 e. The Hall–Kier alpha value is -1.65. The van der Waals surface area contributed by atoms with Crippen LogP contribution >= 0.6 is 23.2 Å². The lowest BCUT2D eigenvalue weighted by molar-refractivity contribution is 0.0929. The normalized spacial score (nSPS) is 11.9. The molecule has 0 bridgehead atoms. The maximum Gasteiger partial charge on any atom is 0.272 e. The number of aromatic nitrogens is 2. The fourth-order valence-corrected chi connectivity index (χ4v) is 2.01. The Morgan fingerprint density at radius 1 is 1.15 bits per heavy atom. The van der Waals surface area contributed by atoms with E-state index in [4.69, 9.17) is 23.2 Å². The Labute approximate surface area is 127 Å². The molecule has 2 aromatic rings. The number of hydrogen-bond acceptors (Lipinski definition) is 3. The number of nitrogens with one attached hydrogen (secondary N) is 1. The fourth-order valence-electron chi connectivity index (χ4n) is 1.79. The fraction of sp³-hybridized carbons (Fsp3) is 0.214. The second-order valence-corrected chi connectivity index (χ2v) is 5.05. The van der Waals surface area contributed by atoms with E-state index >= 15 is 0 Å². The lowest BCUT2D eigenvalue weighted by Crippen LogP contribution is -2.29. The summed E-state index contributed by atoms with van der Waals surface area (Å²) in [4.78, 5) is 12.1. The average Bonchev–Trinajstić information content (AvgIpc) is 2.46. The number of benzene rings is 1. The number of carbonyl (C=O) groups is 1. The predicted molar refractivity (Wildman–Crippen MR) is 79.0 cm³/mol. The summed E-state index contributed by atoms with van der Waals surface area (Å²) in [6.45, 7) is 1.99. The van der Waals surface area contributed by atoms with Gasteiger partial charge in [-0.2, -0.15) is 0 Å². The van der Waals surface area contributed by atoms with Crippen molar-refractivity contribution in [2.45, 2.75) is 19.4 Å². The van der Waals surface area contributed by atoms with Crippen LogP contribution in [0.2, 0.25) is 10.2 Å². The maximum absolute atomic E-state index is 12.1. The lowest BCUT2D eigenvalue weighted by atomic mass is 10.0. The highest BCUT2D eigenvalue weighted by Gasteiger charge is 2.15. The van der Waals surface area contributed by atoms with E-state index in [0.717, 1.165) is 12.0 Å². The van der Waals surface area contributed by atoms with E-state index in [-0.39, 0.29) is 22.8 Å². The summed E-state index contributed by atoms with van der Waals surface area (Å²) in [5.41, 5.74) is 1.23. The minimum atomic E-state index is -0.282. The van der Waals surface area contributed by atoms with Crippen molar-refractivity contribution in [3.63, 3.8) is 0 Å². The van der Waals surface area contributed by atoms with Crippen LogP contribution in [0.4, 0.5) is 0 Å². The van der Waals surface area contributed by atoms with Crippen molar-refractivity contribution < 1.29 is 4.79 Å². The summed E-state index contributed by atoms with van der Waals surface area (Å²) in [7, 11) is 0. The first-order valence-corrected chi connectivity index (χ1v) is 6.91. The van der Waals surface area contributed by atoms with Gasteiger partial charge in [-0.1, -0.05) is 42.3 Å². The first-order chi connectivity index (χ1) is 9.60. The quantitative estimate of drug-likeness (QED) is 0.937. The minimum absolute atomic E-state index is 0.0998. The van der Waals surface area contributed by atoms with E-state index in [9.17, 15) is 4.79 Å². The van der Waals surface area contributed by atoms with Crippen LogP contribution in [0.5, 0.6) is 0 Å². The predicted octanol–water partition coefficient (Wildman–Crippen LogP) is 3.66. The molecule has 0 aliphatic heterocycles. The van der Waals surface area contributed by atoms with E-state index in [0.29, 0.717) is 5.02 Å². The Bertz CT molecular complexity index is 584. The average molecular weight is 310 g/mol. The first kappa shape index (κ1) is 14.8. The van der Waals surface area contributed by atoms with Gasteiger partial charge in [-0.25, -0.2) is 0 Å². The van der Waals surface area contributed by atoms with Gasteiger partial charge in [0.05, 0.1) is 6.04 Å². The summed E-state index contributed by atoms with van der Waals surface area (Å²) in [5.74, 6) is -0.282. The van der Waals surface area contributed by atoms with Gasteiger partial charge in [0.2, 0.25) is 0 Å². The van der Waals surface area contributed by atoms with Crippen molar-refractivity contribution in [3.8, 4) is 0 Å². The molecule has 0 fully saturated rings. The van der Waals surface area contributed by atoms with Crippen molar-refractivity contribution in [2.75, 3.05) is 0 Å². The smallest absolute Gasteiger partial charge is 0.272 e. The highest BCUT2D eigenvalue weighted by molar-refractivity contribution is 6.30. The van der Waals surface area contributed by atoms with Crippen LogP contribution < -0.4 is 5.32 Å². The molecular formula is C14H13Cl2N3O. The Morgan fingerprint density at radius 2 is 1.85 bits per heavy atom. The van der Waals surface area contributed by atoms with E-state index in [1.165, 1.54) is 6.07 Å². The molecule has 0 aliphatic carbocycles. The first-order valence-electron chi connectivity index (χ1n) is 6.15. The van der Waals surface area contributed by atoms with Crippen molar-refractivity contribution in [2.24, 2.45) is 0 Å². The molecule has 0 aliphatic rings. The largest absolute Gasteiger partial charge is 0.344 e. The van der Waals surface area contributed by atoms with E-state index in [1.807, 2.05) is 19.1 Å². The summed E-state index contributed by atoms with van der Waals surface area (Å²) in [6, 6.07) is 10.4. The molecule has 1 N–H and O–H groups in total. The SMILES string of the molecule is CCC(NC(=O)c1ccc(Cl)nn1)c1ccc(Cl)cc1. The second-order valence-electron chi connectivity index (χ2n) is 4.23. The molecule has 1 aromatic heterocycles. The second kappa shape index (κ2) is 6.68. The molecule has 0 spiro atoms. The molecular weight excluding hydrogens is 297 g/mol. The molecule has 1 unspecified atom stereocenters. The van der Waals surface area contributed by atoms with Crippen LogP contribution in [0.1, 0.15) is 35.4 Å². The van der Waals surface area contributed by atoms with Crippen LogP contribution in [0.25, 0.3) is 0 Å². The molecule has 6 heteroatoms. The summed E-state index contributed by atoms with van der Waals surface area (Å²) < 4.78 is 0. The highest BCUT2D eigenvalue weighted by atomic mass is 35.5. The molecule has 1 amide bonds. The Morgan fingerprint density at radius 3 is 2.40 bits per heavy atom. The third-order valence-electron chi connectivity index (χ3n) is 2.85. The van der Waals surface area contributed by atoms with Gasteiger partial charge in [-0.05, 0) is 36.2 Å². The van der Waals surface area contributed by atoms with Crippen LogP contribution in [0, 0.1) is 0 Å². The van der Waals surface area contributed by atoms with Crippen LogP contribution in [0.15, 0.2) is 36.4 Å². The molecule has 0 saturated carbocycles. The van der Waals surface area contributed by atoms with Crippen LogP contribution in [-0.2, 0) is 0 Å². The van der Waals surface area contributed by atoms with Crippen LogP contribution in [-0.4, -0.2) is 16.1 Å².